The third-order valence-corrected chi connectivity index (χ3v) is 5.70. The summed E-state index contributed by atoms with van der Waals surface area (Å²) in [6.45, 7) is 5.01. The van der Waals surface area contributed by atoms with Crippen LogP contribution in [0, 0.1) is 13.8 Å². The number of pyridine rings is 2. The van der Waals surface area contributed by atoms with Crippen molar-refractivity contribution in [2.24, 2.45) is 0 Å². The number of halogens is 3. The molecule has 5 heterocycles. The number of furan rings is 1. The summed E-state index contributed by atoms with van der Waals surface area (Å²) < 4.78 is 39.1. The lowest BCUT2D eigenvalue weighted by Gasteiger charge is -2.15. The van der Waals surface area contributed by atoms with Crippen LogP contribution in [-0.4, -0.2) is 60.7 Å². The Hall–Kier alpha value is -4.22. The number of alkyl halides is 3. The molecule has 1 amide bonds. The Morgan fingerprint density at radius 1 is 1.17 bits per heavy atom. The van der Waals surface area contributed by atoms with E-state index >= 15 is 0 Å². The molecule has 0 saturated carbocycles. The number of hydrogen-bond donors (Lipinski definition) is 1. The van der Waals surface area contributed by atoms with Crippen LogP contribution >= 0.6 is 0 Å². The Morgan fingerprint density at radius 3 is 2.53 bits per heavy atom. The van der Waals surface area contributed by atoms with Crippen molar-refractivity contribution in [3.05, 3.63) is 71.8 Å². The molecule has 4 aromatic heterocycles. The number of amides is 1. The van der Waals surface area contributed by atoms with Crippen molar-refractivity contribution < 1.29 is 32.3 Å². The summed E-state index contributed by atoms with van der Waals surface area (Å²) in [6, 6.07) is 9.74. The lowest BCUT2D eigenvalue weighted by atomic mass is 10.1. The quantitative estimate of drug-likeness (QED) is 0.446. The molecule has 4 aromatic rings. The molecule has 0 bridgehead atoms. The highest BCUT2D eigenvalue weighted by Crippen LogP contribution is 2.28. The molecule has 0 aromatic carbocycles. The fourth-order valence-electron chi connectivity index (χ4n) is 3.95. The Balaban J connectivity index is 0.000000384. The second-order valence-corrected chi connectivity index (χ2v) is 8.30. The Bertz CT molecular complexity index is 1400. The first-order chi connectivity index (χ1) is 17.0. The molecule has 1 fully saturated rings. The highest BCUT2D eigenvalue weighted by atomic mass is 19.4. The van der Waals surface area contributed by atoms with Gasteiger partial charge < -0.3 is 14.4 Å². The predicted octanol–water partition coefficient (Wildman–Crippen LogP) is 4.26. The molecule has 1 aliphatic heterocycles. The molecule has 1 N–H and O–H groups in total. The third kappa shape index (κ3) is 5.37. The smallest absolute Gasteiger partial charge is 0.475 e. The van der Waals surface area contributed by atoms with E-state index in [-0.39, 0.29) is 11.8 Å². The monoisotopic (exact) mass is 501 g/mol. The third-order valence-electron chi connectivity index (χ3n) is 5.70. The molecule has 9 nitrogen and oxygen atoms in total. The van der Waals surface area contributed by atoms with Gasteiger partial charge in [0, 0.05) is 48.7 Å². The largest absolute Gasteiger partial charge is 0.490 e. The van der Waals surface area contributed by atoms with Gasteiger partial charge in [0.05, 0.1) is 5.56 Å². The lowest BCUT2D eigenvalue weighted by molar-refractivity contribution is -0.192. The summed E-state index contributed by atoms with van der Waals surface area (Å²) in [5, 5.41) is 11.8. The predicted molar refractivity (Wildman–Crippen MR) is 121 cm³/mol. The van der Waals surface area contributed by atoms with Crippen molar-refractivity contribution >= 4 is 17.5 Å². The van der Waals surface area contributed by atoms with Crippen LogP contribution in [0.15, 0.2) is 53.3 Å². The summed E-state index contributed by atoms with van der Waals surface area (Å²) in [7, 11) is 0. The van der Waals surface area contributed by atoms with Crippen molar-refractivity contribution in [3.8, 4) is 11.1 Å². The van der Waals surface area contributed by atoms with Gasteiger partial charge in [-0.1, -0.05) is 6.07 Å². The number of aliphatic carboxylic acids is 1. The number of carboxylic acids is 1. The minimum Gasteiger partial charge on any atom is -0.475 e. The van der Waals surface area contributed by atoms with Crippen molar-refractivity contribution in [2.45, 2.75) is 32.4 Å². The zero-order valence-corrected chi connectivity index (χ0v) is 19.4. The van der Waals surface area contributed by atoms with E-state index in [2.05, 4.69) is 4.98 Å². The number of rotatable bonds is 3. The molecule has 1 atom stereocenters. The van der Waals surface area contributed by atoms with Crippen molar-refractivity contribution in [1.29, 1.82) is 0 Å². The van der Waals surface area contributed by atoms with E-state index in [1.165, 1.54) is 0 Å². The molecule has 1 saturated heterocycles. The molecule has 188 valence electrons. The standard InChI is InChI=1S/C22H21N5O2.C2HF3O2/c1-14-10-19(15(2)29-14)22(28)26-9-7-18(12-26)21-24-20-6-5-17(13-27(20)25-21)16-4-3-8-23-11-16;3-2(4,5)1(6)7/h3-6,8,10-11,13,18H,7,9,12H2,1-2H3;(H,6,7). The van der Waals surface area contributed by atoms with Crippen LogP contribution in [-0.2, 0) is 4.79 Å². The van der Waals surface area contributed by atoms with Crippen LogP contribution in [0.2, 0.25) is 0 Å². The van der Waals surface area contributed by atoms with Gasteiger partial charge in [-0.25, -0.2) is 14.3 Å². The van der Waals surface area contributed by atoms with E-state index < -0.39 is 12.1 Å². The van der Waals surface area contributed by atoms with Crippen LogP contribution in [0.1, 0.15) is 40.0 Å². The van der Waals surface area contributed by atoms with Crippen molar-refractivity contribution in [3.63, 3.8) is 0 Å². The number of carbonyl (C=O) groups excluding carboxylic acids is 1. The average molecular weight is 501 g/mol. The summed E-state index contributed by atoms with van der Waals surface area (Å²) in [5.41, 5.74) is 3.52. The highest BCUT2D eigenvalue weighted by molar-refractivity contribution is 5.95. The maximum Gasteiger partial charge on any atom is 0.490 e. The minimum absolute atomic E-state index is 0.0180. The van der Waals surface area contributed by atoms with Gasteiger partial charge in [-0.05, 0) is 44.5 Å². The lowest BCUT2D eigenvalue weighted by Crippen LogP contribution is -2.28. The summed E-state index contributed by atoms with van der Waals surface area (Å²) in [6.07, 6.45) is 1.33. The minimum atomic E-state index is -5.08. The van der Waals surface area contributed by atoms with Gasteiger partial charge in [0.2, 0.25) is 0 Å². The second kappa shape index (κ2) is 9.80. The van der Waals surface area contributed by atoms with E-state index in [0.29, 0.717) is 24.4 Å². The molecule has 1 aliphatic rings. The van der Waals surface area contributed by atoms with Gasteiger partial charge in [0.15, 0.2) is 11.5 Å². The zero-order chi connectivity index (χ0) is 26.0. The first-order valence-corrected chi connectivity index (χ1v) is 11.0. The number of aromatic nitrogens is 4. The molecule has 1 unspecified atom stereocenters. The second-order valence-electron chi connectivity index (χ2n) is 8.30. The van der Waals surface area contributed by atoms with Crippen molar-refractivity contribution in [2.75, 3.05) is 13.1 Å². The van der Waals surface area contributed by atoms with Gasteiger partial charge in [-0.15, -0.1) is 0 Å². The molecular formula is C24H22F3N5O4. The first kappa shape index (κ1) is 24.9. The van der Waals surface area contributed by atoms with Crippen LogP contribution in [0.3, 0.4) is 0 Å². The highest BCUT2D eigenvalue weighted by Gasteiger charge is 2.38. The molecule has 5 rings (SSSR count). The number of carbonyl (C=O) groups is 2. The zero-order valence-electron chi connectivity index (χ0n) is 19.4. The maximum atomic E-state index is 12.8. The number of carboxylic acid groups (broad SMARTS) is 1. The number of aryl methyl sites for hydroxylation is 2. The number of hydrogen-bond acceptors (Lipinski definition) is 6. The van der Waals surface area contributed by atoms with E-state index in [9.17, 15) is 18.0 Å². The van der Waals surface area contributed by atoms with Crippen molar-refractivity contribution in [1.82, 2.24) is 24.5 Å². The van der Waals surface area contributed by atoms with E-state index in [4.69, 9.17) is 24.4 Å². The summed E-state index contributed by atoms with van der Waals surface area (Å²) >= 11 is 0. The number of likely N-dealkylation sites (tertiary alicyclic amines) is 1. The Labute approximate surface area is 203 Å². The molecule has 36 heavy (non-hydrogen) atoms. The number of nitrogens with zero attached hydrogens (tertiary/aromatic N) is 5. The van der Waals surface area contributed by atoms with Crippen LogP contribution in [0.25, 0.3) is 16.8 Å². The van der Waals surface area contributed by atoms with Crippen LogP contribution in [0.4, 0.5) is 13.2 Å². The van der Waals surface area contributed by atoms with Gasteiger partial charge in [-0.3, -0.25) is 9.78 Å². The SMILES string of the molecule is Cc1cc(C(=O)N2CCC(c3nc4ccc(-c5cccnc5)cn4n3)C2)c(C)o1.O=C(O)C(F)(F)F. The van der Waals surface area contributed by atoms with Gasteiger partial charge in [0.25, 0.3) is 5.91 Å². The molecule has 12 heteroatoms. The van der Waals surface area contributed by atoms with Gasteiger partial charge in [0.1, 0.15) is 11.5 Å². The normalized spacial score (nSPS) is 15.6. The topological polar surface area (TPSA) is 114 Å². The molecule has 0 aliphatic carbocycles. The van der Waals surface area contributed by atoms with Crippen LogP contribution < -0.4 is 0 Å². The van der Waals surface area contributed by atoms with E-state index in [1.807, 2.05) is 66.0 Å². The van der Waals surface area contributed by atoms with Gasteiger partial charge in [-0.2, -0.15) is 18.3 Å². The van der Waals surface area contributed by atoms with E-state index in [0.717, 1.165) is 34.8 Å². The van der Waals surface area contributed by atoms with Gasteiger partial charge >= 0.3 is 12.1 Å². The average Bonchev–Trinajstić information content (AvgIpc) is 3.56. The van der Waals surface area contributed by atoms with E-state index in [1.54, 1.807) is 6.20 Å². The fraction of sp³-hybridized carbons (Fsp3) is 0.292. The fourth-order valence-corrected chi connectivity index (χ4v) is 3.95. The maximum absolute atomic E-state index is 12.8. The molecule has 0 radical (unpaired) electrons. The first-order valence-electron chi connectivity index (χ1n) is 11.0. The molecule has 0 spiro atoms. The summed E-state index contributed by atoms with van der Waals surface area (Å²) in [5.74, 6) is -0.396. The Morgan fingerprint density at radius 2 is 1.92 bits per heavy atom. The number of fused-ring (bicyclic) bond motifs is 1. The van der Waals surface area contributed by atoms with Crippen LogP contribution in [0.5, 0.6) is 0 Å². The summed E-state index contributed by atoms with van der Waals surface area (Å²) in [4.78, 5) is 32.5. The Kier molecular flexibility index (Phi) is 6.77. The molecular weight excluding hydrogens is 479 g/mol.